The van der Waals surface area contributed by atoms with Crippen molar-refractivity contribution >= 4 is 11.9 Å². The summed E-state index contributed by atoms with van der Waals surface area (Å²) in [7, 11) is 1.50. The Morgan fingerprint density at radius 3 is 2.45 bits per heavy atom. The van der Waals surface area contributed by atoms with Gasteiger partial charge in [0.25, 0.3) is 5.91 Å². The second kappa shape index (κ2) is 8.29. The van der Waals surface area contributed by atoms with Gasteiger partial charge in [0.05, 0.1) is 6.61 Å². The number of benzene rings is 1. The number of nitrogens with zero attached hydrogens (tertiary/aromatic N) is 1. The molecule has 0 heterocycles. The smallest absolute Gasteiger partial charge is 0.323 e. The van der Waals surface area contributed by atoms with E-state index in [1.807, 2.05) is 12.1 Å². The monoisotopic (exact) mass is 280 g/mol. The molecule has 0 atom stereocenters. The minimum atomic E-state index is -1.05. The van der Waals surface area contributed by atoms with Crippen LogP contribution in [0.2, 0.25) is 0 Å². The first-order valence-corrected chi connectivity index (χ1v) is 6.37. The molecule has 110 valence electrons. The van der Waals surface area contributed by atoms with Gasteiger partial charge in [0.15, 0.2) is 0 Å². The number of hydrogen-bond acceptors (Lipinski definition) is 4. The summed E-state index contributed by atoms with van der Waals surface area (Å²) < 4.78 is 4.89. The predicted octanol–water partition coefficient (Wildman–Crippen LogP) is 0.361. The fourth-order valence-corrected chi connectivity index (χ4v) is 1.78. The molecule has 0 bridgehead atoms. The second-order valence-corrected chi connectivity index (χ2v) is 4.35. The van der Waals surface area contributed by atoms with Gasteiger partial charge in [-0.15, -0.1) is 0 Å². The fourth-order valence-electron chi connectivity index (χ4n) is 1.78. The number of hydrogen-bond donors (Lipinski definition) is 2. The van der Waals surface area contributed by atoms with Crippen LogP contribution in [0.3, 0.4) is 0 Å². The Morgan fingerprint density at radius 1 is 1.30 bits per heavy atom. The van der Waals surface area contributed by atoms with Gasteiger partial charge in [-0.05, 0) is 30.7 Å². The Labute approximate surface area is 118 Å². The number of methoxy groups -OCH3 is 1. The first-order chi connectivity index (χ1) is 9.58. The molecule has 0 saturated carbocycles. The van der Waals surface area contributed by atoms with Crippen molar-refractivity contribution in [2.75, 3.05) is 33.4 Å². The van der Waals surface area contributed by atoms with Crippen molar-refractivity contribution in [3.63, 3.8) is 0 Å². The van der Waals surface area contributed by atoms with Crippen LogP contribution in [-0.4, -0.2) is 55.2 Å². The highest BCUT2D eigenvalue weighted by Crippen LogP contribution is 2.08. The van der Waals surface area contributed by atoms with Crippen LogP contribution in [0.15, 0.2) is 24.3 Å². The predicted molar refractivity (Wildman–Crippen MR) is 74.6 cm³/mol. The minimum Gasteiger partial charge on any atom is -0.480 e. The van der Waals surface area contributed by atoms with Gasteiger partial charge in [-0.2, -0.15) is 0 Å². The molecule has 0 aliphatic carbocycles. The van der Waals surface area contributed by atoms with Crippen molar-refractivity contribution in [3.8, 4) is 0 Å². The van der Waals surface area contributed by atoms with Crippen LogP contribution in [0, 0.1) is 0 Å². The van der Waals surface area contributed by atoms with Gasteiger partial charge in [-0.25, -0.2) is 0 Å². The third-order valence-electron chi connectivity index (χ3n) is 2.81. The van der Waals surface area contributed by atoms with E-state index in [4.69, 9.17) is 15.6 Å². The van der Waals surface area contributed by atoms with Crippen LogP contribution >= 0.6 is 0 Å². The number of ether oxygens (including phenoxy) is 1. The molecule has 1 amide bonds. The first kappa shape index (κ1) is 16.1. The maximum Gasteiger partial charge on any atom is 0.323 e. The molecule has 0 aromatic heterocycles. The lowest BCUT2D eigenvalue weighted by Crippen LogP contribution is -2.38. The lowest BCUT2D eigenvalue weighted by Gasteiger charge is -2.20. The topological polar surface area (TPSA) is 92.9 Å². The standard InChI is InChI=1S/C14H20N2O4/c1-20-9-8-16(10-13(17)18)14(19)12-4-2-11(3-5-12)6-7-15/h2-5H,6-10,15H2,1H3,(H,17,18). The Kier molecular flexibility index (Phi) is 6.69. The molecular weight excluding hydrogens is 260 g/mol. The zero-order chi connectivity index (χ0) is 15.0. The molecule has 0 radical (unpaired) electrons. The van der Waals surface area contributed by atoms with Crippen LogP contribution < -0.4 is 5.73 Å². The lowest BCUT2D eigenvalue weighted by molar-refractivity contribution is -0.137. The summed E-state index contributed by atoms with van der Waals surface area (Å²) in [5.41, 5.74) is 6.97. The van der Waals surface area contributed by atoms with E-state index in [0.717, 1.165) is 12.0 Å². The molecule has 0 fully saturated rings. The normalized spacial score (nSPS) is 10.3. The number of amides is 1. The lowest BCUT2D eigenvalue weighted by atomic mass is 10.1. The average Bonchev–Trinajstić information content (AvgIpc) is 2.43. The number of carbonyl (C=O) groups excluding carboxylic acids is 1. The molecule has 0 aliphatic heterocycles. The van der Waals surface area contributed by atoms with Crippen molar-refractivity contribution in [1.82, 2.24) is 4.90 Å². The van der Waals surface area contributed by atoms with E-state index in [9.17, 15) is 9.59 Å². The van der Waals surface area contributed by atoms with Crippen molar-refractivity contribution in [3.05, 3.63) is 35.4 Å². The molecule has 0 saturated heterocycles. The zero-order valence-corrected chi connectivity index (χ0v) is 11.5. The van der Waals surface area contributed by atoms with Gasteiger partial charge in [-0.1, -0.05) is 12.1 Å². The van der Waals surface area contributed by atoms with Crippen LogP contribution in [0.1, 0.15) is 15.9 Å². The number of aliphatic carboxylic acids is 1. The van der Waals surface area contributed by atoms with Crippen LogP contribution in [-0.2, 0) is 16.0 Å². The largest absolute Gasteiger partial charge is 0.480 e. The van der Waals surface area contributed by atoms with Gasteiger partial charge in [-0.3, -0.25) is 9.59 Å². The quantitative estimate of drug-likeness (QED) is 0.717. The molecule has 1 aromatic rings. The fraction of sp³-hybridized carbons (Fsp3) is 0.429. The van der Waals surface area contributed by atoms with Crippen LogP contribution in [0.5, 0.6) is 0 Å². The van der Waals surface area contributed by atoms with E-state index >= 15 is 0 Å². The van der Waals surface area contributed by atoms with Crippen LogP contribution in [0.4, 0.5) is 0 Å². The van der Waals surface area contributed by atoms with Gasteiger partial charge < -0.3 is 20.5 Å². The minimum absolute atomic E-state index is 0.242. The summed E-state index contributed by atoms with van der Waals surface area (Å²) >= 11 is 0. The molecule has 6 heteroatoms. The molecule has 20 heavy (non-hydrogen) atoms. The van der Waals surface area contributed by atoms with E-state index in [2.05, 4.69) is 0 Å². The van der Waals surface area contributed by atoms with Crippen molar-refractivity contribution < 1.29 is 19.4 Å². The molecule has 1 aromatic carbocycles. The Balaban J connectivity index is 2.78. The molecule has 1 rings (SSSR count). The number of nitrogens with two attached hydrogens (primary N) is 1. The number of carboxylic acids is 1. The van der Waals surface area contributed by atoms with Crippen molar-refractivity contribution in [2.24, 2.45) is 5.73 Å². The van der Waals surface area contributed by atoms with Gasteiger partial charge in [0.1, 0.15) is 6.54 Å². The molecule has 3 N–H and O–H groups in total. The third kappa shape index (κ3) is 4.99. The maximum absolute atomic E-state index is 12.2. The third-order valence-corrected chi connectivity index (χ3v) is 2.81. The summed E-state index contributed by atoms with van der Waals surface area (Å²) in [6, 6.07) is 7.04. The maximum atomic E-state index is 12.2. The van der Waals surface area contributed by atoms with E-state index < -0.39 is 5.97 Å². The van der Waals surface area contributed by atoms with E-state index in [0.29, 0.717) is 18.7 Å². The first-order valence-electron chi connectivity index (χ1n) is 6.37. The average molecular weight is 280 g/mol. The SMILES string of the molecule is COCCN(CC(=O)O)C(=O)c1ccc(CCN)cc1. The van der Waals surface area contributed by atoms with E-state index in [1.54, 1.807) is 12.1 Å². The summed E-state index contributed by atoms with van der Waals surface area (Å²) in [4.78, 5) is 24.3. The number of rotatable bonds is 8. The highest BCUT2D eigenvalue weighted by atomic mass is 16.5. The number of carbonyl (C=O) groups is 2. The highest BCUT2D eigenvalue weighted by molar-refractivity contribution is 5.95. The Morgan fingerprint density at radius 2 is 1.95 bits per heavy atom. The highest BCUT2D eigenvalue weighted by Gasteiger charge is 2.18. The van der Waals surface area contributed by atoms with Gasteiger partial charge >= 0.3 is 5.97 Å². The molecule has 0 aliphatic rings. The van der Waals surface area contributed by atoms with Crippen molar-refractivity contribution in [2.45, 2.75) is 6.42 Å². The summed E-state index contributed by atoms with van der Waals surface area (Å²) in [6.45, 7) is 0.746. The summed E-state index contributed by atoms with van der Waals surface area (Å²) in [6.07, 6.45) is 0.747. The van der Waals surface area contributed by atoms with E-state index in [-0.39, 0.29) is 19.0 Å². The van der Waals surface area contributed by atoms with Gasteiger partial charge in [0, 0.05) is 19.2 Å². The van der Waals surface area contributed by atoms with Gasteiger partial charge in [0.2, 0.25) is 0 Å². The number of carboxylic acid groups (broad SMARTS) is 1. The van der Waals surface area contributed by atoms with Crippen LogP contribution in [0.25, 0.3) is 0 Å². The van der Waals surface area contributed by atoms with E-state index in [1.165, 1.54) is 12.0 Å². The Bertz CT molecular complexity index is 445. The summed E-state index contributed by atoms with van der Waals surface area (Å²) in [5.74, 6) is -1.36. The molecule has 0 spiro atoms. The second-order valence-electron chi connectivity index (χ2n) is 4.35. The molecule has 0 unspecified atom stereocenters. The molecule has 6 nitrogen and oxygen atoms in total. The van der Waals surface area contributed by atoms with Crippen molar-refractivity contribution in [1.29, 1.82) is 0 Å². The zero-order valence-electron chi connectivity index (χ0n) is 11.5. The Hall–Kier alpha value is -1.92. The summed E-state index contributed by atoms with van der Waals surface area (Å²) in [5, 5.41) is 8.84. The molecular formula is C14H20N2O4.